The molecule has 2 aromatic heterocycles. The maximum Gasteiger partial charge on any atom is 0.320 e. The van der Waals surface area contributed by atoms with Gasteiger partial charge in [-0.2, -0.15) is 0 Å². The first-order valence-electron chi connectivity index (χ1n) is 10.6. The Balaban J connectivity index is 1.33. The first kappa shape index (κ1) is 24.3. The molecule has 1 aliphatic carbocycles. The SMILES string of the molecule is COC(=O)C1CCC(Oc2ncc(NC(=O)c3nnc(Nc4ccc(F)c(Cl)c4)o3)cc2F)CC1. The number of hydrogen-bond acceptors (Lipinski definition) is 9. The summed E-state index contributed by atoms with van der Waals surface area (Å²) >= 11 is 5.72. The summed E-state index contributed by atoms with van der Waals surface area (Å²) in [6, 6.07) is 4.78. The Morgan fingerprint density at radius 3 is 2.54 bits per heavy atom. The van der Waals surface area contributed by atoms with Crippen molar-refractivity contribution in [2.75, 3.05) is 17.7 Å². The Hall–Kier alpha value is -3.80. The van der Waals surface area contributed by atoms with Gasteiger partial charge in [-0.3, -0.25) is 9.59 Å². The van der Waals surface area contributed by atoms with E-state index in [1.54, 1.807) is 0 Å². The van der Waals surface area contributed by atoms with Gasteiger partial charge in [0.2, 0.25) is 0 Å². The van der Waals surface area contributed by atoms with Crippen molar-refractivity contribution in [2.45, 2.75) is 31.8 Å². The van der Waals surface area contributed by atoms with E-state index in [9.17, 15) is 18.4 Å². The lowest BCUT2D eigenvalue weighted by Gasteiger charge is -2.27. The van der Waals surface area contributed by atoms with Crippen LogP contribution in [0.2, 0.25) is 5.02 Å². The molecule has 1 saturated carbocycles. The molecule has 0 saturated heterocycles. The molecule has 0 bridgehead atoms. The van der Waals surface area contributed by atoms with Crippen LogP contribution >= 0.6 is 11.6 Å². The van der Waals surface area contributed by atoms with Crippen molar-refractivity contribution < 1.29 is 32.3 Å². The number of carbonyl (C=O) groups excluding carboxylic acids is 2. The molecule has 13 heteroatoms. The van der Waals surface area contributed by atoms with Crippen molar-refractivity contribution in [2.24, 2.45) is 5.92 Å². The third-order valence-electron chi connectivity index (χ3n) is 5.34. The van der Waals surface area contributed by atoms with Crippen LogP contribution in [0.5, 0.6) is 5.88 Å². The highest BCUT2D eigenvalue weighted by Crippen LogP contribution is 2.29. The summed E-state index contributed by atoms with van der Waals surface area (Å²) in [6.45, 7) is 0. The molecule has 0 aliphatic heterocycles. The van der Waals surface area contributed by atoms with E-state index in [0.29, 0.717) is 31.4 Å². The number of rotatable bonds is 7. The minimum absolute atomic E-state index is 0.0484. The lowest BCUT2D eigenvalue weighted by molar-refractivity contribution is -0.147. The van der Waals surface area contributed by atoms with E-state index in [1.807, 2.05) is 0 Å². The Labute approximate surface area is 203 Å². The van der Waals surface area contributed by atoms with E-state index < -0.39 is 23.4 Å². The van der Waals surface area contributed by atoms with Crippen molar-refractivity contribution in [3.8, 4) is 5.88 Å². The zero-order chi connectivity index (χ0) is 24.9. The maximum absolute atomic E-state index is 14.5. The standard InChI is InChI=1S/C22H20ClF2N5O5/c1-33-21(32)11-2-5-14(6-3-11)34-19-17(25)9-13(10-26-19)27-18(31)20-29-30-22(35-20)28-12-4-7-16(24)15(23)8-12/h4,7-11,14H,2-3,5-6H2,1H3,(H,27,31)(H,28,30). The molecule has 10 nitrogen and oxygen atoms in total. The normalized spacial score (nSPS) is 17.5. The van der Waals surface area contributed by atoms with Gasteiger partial charge >= 0.3 is 23.8 Å². The molecule has 0 radical (unpaired) electrons. The van der Waals surface area contributed by atoms with Gasteiger partial charge in [0, 0.05) is 11.8 Å². The number of carbonyl (C=O) groups is 2. The van der Waals surface area contributed by atoms with Crippen molar-refractivity contribution in [1.82, 2.24) is 15.2 Å². The van der Waals surface area contributed by atoms with Crippen molar-refractivity contribution in [1.29, 1.82) is 0 Å². The van der Waals surface area contributed by atoms with E-state index in [2.05, 4.69) is 25.8 Å². The van der Waals surface area contributed by atoms with Crippen LogP contribution in [0.25, 0.3) is 0 Å². The summed E-state index contributed by atoms with van der Waals surface area (Å²) in [7, 11) is 1.35. The third kappa shape index (κ3) is 6.01. The Bertz CT molecular complexity index is 1230. The minimum Gasteiger partial charge on any atom is -0.472 e. The minimum atomic E-state index is -0.793. The number of pyridine rings is 1. The fourth-order valence-electron chi connectivity index (χ4n) is 3.57. The third-order valence-corrected chi connectivity index (χ3v) is 5.63. The number of ether oxygens (including phenoxy) is 2. The van der Waals surface area contributed by atoms with Crippen molar-refractivity contribution >= 4 is 40.9 Å². The van der Waals surface area contributed by atoms with E-state index in [0.717, 1.165) is 12.1 Å². The molecule has 1 amide bonds. The van der Waals surface area contributed by atoms with Gasteiger partial charge in [0.05, 0.1) is 29.9 Å². The summed E-state index contributed by atoms with van der Waals surface area (Å²) < 4.78 is 43.4. The van der Waals surface area contributed by atoms with E-state index >= 15 is 0 Å². The molecule has 1 fully saturated rings. The number of hydrogen-bond donors (Lipinski definition) is 2. The molecule has 2 N–H and O–H groups in total. The smallest absolute Gasteiger partial charge is 0.320 e. The zero-order valence-electron chi connectivity index (χ0n) is 18.4. The molecule has 0 unspecified atom stereocenters. The number of esters is 1. The molecule has 184 valence electrons. The van der Waals surface area contributed by atoms with Crippen LogP contribution in [0.3, 0.4) is 0 Å². The second-order valence-electron chi connectivity index (χ2n) is 7.75. The lowest BCUT2D eigenvalue weighted by Crippen LogP contribution is -2.29. The van der Waals surface area contributed by atoms with Crippen LogP contribution in [0.1, 0.15) is 36.4 Å². The molecule has 0 spiro atoms. The highest BCUT2D eigenvalue weighted by molar-refractivity contribution is 6.31. The number of aromatic nitrogens is 3. The predicted octanol–water partition coefficient (Wildman–Crippen LogP) is 4.50. The zero-order valence-corrected chi connectivity index (χ0v) is 19.1. The Morgan fingerprint density at radius 2 is 1.86 bits per heavy atom. The molecule has 35 heavy (non-hydrogen) atoms. The largest absolute Gasteiger partial charge is 0.472 e. The number of halogens is 3. The van der Waals surface area contributed by atoms with E-state index in [-0.39, 0.29) is 40.6 Å². The summed E-state index contributed by atoms with van der Waals surface area (Å²) in [5.41, 5.74) is 0.417. The van der Waals surface area contributed by atoms with Gasteiger partial charge in [-0.15, -0.1) is 5.10 Å². The summed E-state index contributed by atoms with van der Waals surface area (Å²) in [5, 5.41) is 12.3. The lowest BCUT2D eigenvalue weighted by atomic mass is 9.87. The predicted molar refractivity (Wildman–Crippen MR) is 120 cm³/mol. The molecule has 2 heterocycles. The van der Waals surface area contributed by atoms with Gasteiger partial charge in [-0.25, -0.2) is 13.8 Å². The maximum atomic E-state index is 14.5. The fraction of sp³-hybridized carbons (Fsp3) is 0.318. The monoisotopic (exact) mass is 507 g/mol. The number of nitrogens with one attached hydrogen (secondary N) is 2. The summed E-state index contributed by atoms with van der Waals surface area (Å²) in [5.74, 6) is -3.18. The molecule has 0 atom stereocenters. The molecule has 3 aromatic rings. The average Bonchev–Trinajstić information content (AvgIpc) is 3.32. The van der Waals surface area contributed by atoms with Crippen LogP contribution in [0.4, 0.5) is 26.2 Å². The number of amides is 1. The number of benzene rings is 1. The molecular formula is C22H20ClF2N5O5. The quantitative estimate of drug-likeness (QED) is 0.444. The van der Waals surface area contributed by atoms with E-state index in [4.69, 9.17) is 25.5 Å². The Kier molecular flexibility index (Phi) is 7.39. The first-order chi connectivity index (χ1) is 16.8. The van der Waals surface area contributed by atoms with Crippen LogP contribution in [0.15, 0.2) is 34.9 Å². The van der Waals surface area contributed by atoms with Crippen LogP contribution < -0.4 is 15.4 Å². The van der Waals surface area contributed by atoms with Gasteiger partial charge in [0.25, 0.3) is 5.88 Å². The van der Waals surface area contributed by atoms with Gasteiger partial charge < -0.3 is 24.5 Å². The summed E-state index contributed by atoms with van der Waals surface area (Å²) in [4.78, 5) is 27.9. The molecular weight excluding hydrogens is 488 g/mol. The number of methoxy groups -OCH3 is 1. The molecule has 1 aromatic carbocycles. The van der Waals surface area contributed by atoms with Crippen molar-refractivity contribution in [3.63, 3.8) is 0 Å². The van der Waals surface area contributed by atoms with E-state index in [1.165, 1.54) is 25.4 Å². The van der Waals surface area contributed by atoms with Crippen LogP contribution in [-0.2, 0) is 9.53 Å². The molecule has 1 aliphatic rings. The highest BCUT2D eigenvalue weighted by atomic mass is 35.5. The van der Waals surface area contributed by atoms with Gasteiger partial charge in [-0.05, 0) is 43.9 Å². The summed E-state index contributed by atoms with van der Waals surface area (Å²) in [6.07, 6.45) is 3.25. The Morgan fingerprint density at radius 1 is 1.09 bits per heavy atom. The average molecular weight is 508 g/mol. The van der Waals surface area contributed by atoms with Gasteiger partial charge in [0.15, 0.2) is 5.82 Å². The van der Waals surface area contributed by atoms with Crippen molar-refractivity contribution in [3.05, 3.63) is 53.0 Å². The second kappa shape index (κ2) is 10.6. The molecule has 4 rings (SSSR count). The fourth-order valence-corrected chi connectivity index (χ4v) is 3.75. The second-order valence-corrected chi connectivity index (χ2v) is 8.15. The topological polar surface area (TPSA) is 128 Å². The van der Waals surface area contributed by atoms with Crippen LogP contribution in [0, 0.1) is 17.6 Å². The highest BCUT2D eigenvalue weighted by Gasteiger charge is 2.28. The first-order valence-corrected chi connectivity index (χ1v) is 11.0. The van der Waals surface area contributed by atoms with Gasteiger partial charge in [-0.1, -0.05) is 16.7 Å². The van der Waals surface area contributed by atoms with Gasteiger partial charge in [0.1, 0.15) is 11.9 Å². The number of nitrogens with zero attached hydrogens (tertiary/aromatic N) is 3. The number of anilines is 3. The van der Waals surface area contributed by atoms with Crippen LogP contribution in [-0.4, -0.2) is 40.3 Å².